The maximum atomic E-state index is 12.3. The van der Waals surface area contributed by atoms with Gasteiger partial charge in [-0.05, 0) is 23.8 Å². The summed E-state index contributed by atoms with van der Waals surface area (Å²) in [5, 5.41) is 10.2. The number of nitrogens with zero attached hydrogens (tertiary/aromatic N) is 2. The van der Waals surface area contributed by atoms with E-state index in [-0.39, 0.29) is 10.8 Å². The van der Waals surface area contributed by atoms with Crippen molar-refractivity contribution in [1.29, 1.82) is 5.26 Å². The van der Waals surface area contributed by atoms with Crippen molar-refractivity contribution in [1.82, 2.24) is 9.97 Å². The molecule has 0 unspecified atom stereocenters. The fourth-order valence-corrected chi connectivity index (χ4v) is 3.46. The Morgan fingerprint density at radius 2 is 1.93 bits per heavy atom. The van der Waals surface area contributed by atoms with Crippen LogP contribution in [0.4, 0.5) is 0 Å². The van der Waals surface area contributed by atoms with Crippen LogP contribution < -0.4 is 15.0 Å². The van der Waals surface area contributed by atoms with Crippen LogP contribution in [-0.4, -0.2) is 22.3 Å². The quantitative estimate of drug-likeness (QED) is 0.461. The van der Waals surface area contributed by atoms with E-state index in [4.69, 9.17) is 9.47 Å². The Kier molecular flexibility index (Phi) is 6.57. The molecular formula is C22H21N3O3S. The molecule has 0 amide bonds. The number of rotatable bonds is 7. The summed E-state index contributed by atoms with van der Waals surface area (Å²) < 4.78 is 11.3. The molecule has 7 heteroatoms. The SMILES string of the molecule is COc1cc(-c2nc(SC(C)C)[nH]c(=O)c2C#N)ccc1OCc1ccccc1. The number of aromatic amines is 1. The molecule has 0 atom stereocenters. The molecule has 6 nitrogen and oxygen atoms in total. The van der Waals surface area contributed by atoms with Crippen molar-refractivity contribution in [2.45, 2.75) is 30.9 Å². The first-order chi connectivity index (χ1) is 14.0. The molecule has 1 aromatic heterocycles. The molecule has 0 saturated carbocycles. The minimum absolute atomic E-state index is 0.0295. The van der Waals surface area contributed by atoms with Crippen LogP contribution in [-0.2, 0) is 6.61 Å². The fraction of sp³-hybridized carbons (Fsp3) is 0.227. The van der Waals surface area contributed by atoms with Crippen LogP contribution in [0.5, 0.6) is 11.5 Å². The zero-order chi connectivity index (χ0) is 20.8. The summed E-state index contributed by atoms with van der Waals surface area (Å²) in [6.45, 7) is 4.41. The largest absolute Gasteiger partial charge is 0.493 e. The number of ether oxygens (including phenoxy) is 2. The van der Waals surface area contributed by atoms with Gasteiger partial charge in [0.2, 0.25) is 0 Å². The van der Waals surface area contributed by atoms with Crippen LogP contribution in [0.15, 0.2) is 58.5 Å². The molecule has 1 N–H and O–H groups in total. The molecule has 0 aliphatic carbocycles. The lowest BCUT2D eigenvalue weighted by Crippen LogP contribution is -2.15. The van der Waals surface area contributed by atoms with Gasteiger partial charge in [0.15, 0.2) is 16.7 Å². The number of nitrogens with one attached hydrogen (secondary N) is 1. The predicted molar refractivity (Wildman–Crippen MR) is 113 cm³/mol. The van der Waals surface area contributed by atoms with Gasteiger partial charge in [0, 0.05) is 10.8 Å². The molecule has 148 valence electrons. The van der Waals surface area contributed by atoms with Gasteiger partial charge < -0.3 is 14.5 Å². The molecule has 0 saturated heterocycles. The molecule has 1 heterocycles. The lowest BCUT2D eigenvalue weighted by Gasteiger charge is -2.13. The van der Waals surface area contributed by atoms with Crippen molar-refractivity contribution >= 4 is 11.8 Å². The Morgan fingerprint density at radius 1 is 1.17 bits per heavy atom. The van der Waals surface area contributed by atoms with E-state index >= 15 is 0 Å². The van der Waals surface area contributed by atoms with Crippen molar-refractivity contribution in [2.24, 2.45) is 0 Å². The van der Waals surface area contributed by atoms with E-state index in [1.807, 2.05) is 50.2 Å². The van der Waals surface area contributed by atoms with Crippen molar-refractivity contribution in [3.05, 3.63) is 70.0 Å². The van der Waals surface area contributed by atoms with Crippen LogP contribution >= 0.6 is 11.8 Å². The minimum Gasteiger partial charge on any atom is -0.493 e. The van der Waals surface area contributed by atoms with E-state index in [2.05, 4.69) is 9.97 Å². The summed E-state index contributed by atoms with van der Waals surface area (Å²) in [6.07, 6.45) is 0. The number of aromatic nitrogens is 2. The Morgan fingerprint density at radius 3 is 2.59 bits per heavy atom. The monoisotopic (exact) mass is 407 g/mol. The Balaban J connectivity index is 1.96. The van der Waals surface area contributed by atoms with Gasteiger partial charge in [-0.15, -0.1) is 0 Å². The maximum absolute atomic E-state index is 12.3. The molecule has 3 aromatic rings. The van der Waals surface area contributed by atoms with E-state index < -0.39 is 5.56 Å². The van der Waals surface area contributed by atoms with Crippen molar-refractivity contribution in [3.8, 4) is 28.8 Å². The van der Waals surface area contributed by atoms with Crippen molar-refractivity contribution in [3.63, 3.8) is 0 Å². The molecule has 0 fully saturated rings. The third-order valence-corrected chi connectivity index (χ3v) is 4.92. The standard InChI is InChI=1S/C22H21N3O3S/c1-14(2)29-22-24-20(17(12-23)21(26)25-22)16-9-10-18(19(11-16)27-3)28-13-15-7-5-4-6-8-15/h4-11,14H,13H2,1-3H3,(H,24,25,26). The summed E-state index contributed by atoms with van der Waals surface area (Å²) in [7, 11) is 1.55. The summed E-state index contributed by atoms with van der Waals surface area (Å²) in [5.41, 5.74) is 1.49. The average Bonchev–Trinajstić information content (AvgIpc) is 2.72. The predicted octanol–water partition coefficient (Wildman–Crippen LogP) is 4.40. The number of methoxy groups -OCH3 is 1. The second-order valence-corrected chi connectivity index (χ2v) is 8.08. The third kappa shape index (κ3) is 4.98. The number of nitriles is 1. The zero-order valence-corrected chi connectivity index (χ0v) is 17.2. The lowest BCUT2D eigenvalue weighted by molar-refractivity contribution is 0.284. The topological polar surface area (TPSA) is 88.0 Å². The van der Waals surface area contributed by atoms with Gasteiger partial charge in [-0.2, -0.15) is 5.26 Å². The first-order valence-corrected chi connectivity index (χ1v) is 9.96. The van der Waals surface area contributed by atoms with E-state index in [9.17, 15) is 10.1 Å². The van der Waals surface area contributed by atoms with Gasteiger partial charge in [-0.1, -0.05) is 55.9 Å². The first kappa shape index (κ1) is 20.5. The number of hydrogen-bond acceptors (Lipinski definition) is 6. The highest BCUT2D eigenvalue weighted by molar-refractivity contribution is 7.99. The smallest absolute Gasteiger partial charge is 0.270 e. The Labute approximate surface area is 173 Å². The molecule has 2 aromatic carbocycles. The molecular weight excluding hydrogens is 386 g/mol. The fourth-order valence-electron chi connectivity index (χ4n) is 2.71. The molecule has 3 rings (SSSR count). The number of H-pyrrole nitrogens is 1. The maximum Gasteiger partial charge on any atom is 0.270 e. The van der Waals surface area contributed by atoms with Gasteiger partial charge in [0.05, 0.1) is 12.8 Å². The van der Waals surface area contributed by atoms with E-state index in [1.54, 1.807) is 25.3 Å². The molecule has 0 aliphatic rings. The van der Waals surface area contributed by atoms with Crippen molar-refractivity contribution in [2.75, 3.05) is 7.11 Å². The van der Waals surface area contributed by atoms with Crippen LogP contribution in [0, 0.1) is 11.3 Å². The Bertz CT molecular complexity index is 1090. The van der Waals surface area contributed by atoms with Gasteiger partial charge in [-0.25, -0.2) is 4.98 Å². The van der Waals surface area contributed by atoms with Gasteiger partial charge in [-0.3, -0.25) is 4.79 Å². The molecule has 0 radical (unpaired) electrons. The highest BCUT2D eigenvalue weighted by atomic mass is 32.2. The lowest BCUT2D eigenvalue weighted by atomic mass is 10.1. The van der Waals surface area contributed by atoms with Crippen LogP contribution in [0.25, 0.3) is 11.3 Å². The normalized spacial score (nSPS) is 10.6. The summed E-state index contributed by atoms with van der Waals surface area (Å²) in [5.74, 6) is 1.07. The molecule has 0 aliphatic heterocycles. The van der Waals surface area contributed by atoms with Crippen LogP contribution in [0.2, 0.25) is 0 Å². The number of benzene rings is 2. The van der Waals surface area contributed by atoms with Crippen LogP contribution in [0.3, 0.4) is 0 Å². The average molecular weight is 407 g/mol. The summed E-state index contributed by atoms with van der Waals surface area (Å²) >= 11 is 1.43. The highest BCUT2D eigenvalue weighted by Gasteiger charge is 2.16. The van der Waals surface area contributed by atoms with Crippen molar-refractivity contribution < 1.29 is 9.47 Å². The molecule has 29 heavy (non-hydrogen) atoms. The Hall–Kier alpha value is -3.24. The highest BCUT2D eigenvalue weighted by Crippen LogP contribution is 2.33. The number of hydrogen-bond donors (Lipinski definition) is 1. The van der Waals surface area contributed by atoms with E-state index in [0.717, 1.165) is 5.56 Å². The molecule has 0 spiro atoms. The summed E-state index contributed by atoms with van der Waals surface area (Å²) in [6, 6.07) is 17.0. The summed E-state index contributed by atoms with van der Waals surface area (Å²) in [4.78, 5) is 19.5. The van der Waals surface area contributed by atoms with Gasteiger partial charge in [0.25, 0.3) is 5.56 Å². The number of thioether (sulfide) groups is 1. The molecule has 0 bridgehead atoms. The van der Waals surface area contributed by atoms with Gasteiger partial charge >= 0.3 is 0 Å². The van der Waals surface area contributed by atoms with E-state index in [0.29, 0.717) is 34.5 Å². The second-order valence-electron chi connectivity index (χ2n) is 6.51. The van der Waals surface area contributed by atoms with E-state index in [1.165, 1.54) is 11.8 Å². The minimum atomic E-state index is -0.455. The second kappa shape index (κ2) is 9.30. The van der Waals surface area contributed by atoms with Gasteiger partial charge in [0.1, 0.15) is 18.2 Å². The third-order valence-electron chi connectivity index (χ3n) is 4.03. The van der Waals surface area contributed by atoms with Crippen LogP contribution in [0.1, 0.15) is 25.0 Å². The first-order valence-electron chi connectivity index (χ1n) is 9.08. The zero-order valence-electron chi connectivity index (χ0n) is 16.4.